The van der Waals surface area contributed by atoms with E-state index in [1.807, 2.05) is 17.0 Å². The molecule has 0 aliphatic carbocycles. The van der Waals surface area contributed by atoms with E-state index in [-0.39, 0.29) is 18.4 Å². The van der Waals surface area contributed by atoms with Crippen LogP contribution in [0, 0.1) is 11.8 Å². The van der Waals surface area contributed by atoms with Gasteiger partial charge in [-0.05, 0) is 63.7 Å². The van der Waals surface area contributed by atoms with Gasteiger partial charge in [-0.2, -0.15) is 0 Å². The van der Waals surface area contributed by atoms with Crippen molar-refractivity contribution in [1.82, 2.24) is 15.1 Å². The van der Waals surface area contributed by atoms with Crippen LogP contribution in [0.15, 0.2) is 40.9 Å². The maximum Gasteiger partial charge on any atom is 0.251 e. The van der Waals surface area contributed by atoms with Crippen LogP contribution in [-0.4, -0.2) is 54.3 Å². The zero-order valence-corrected chi connectivity index (χ0v) is 20.4. The Kier molecular flexibility index (Phi) is 7.14. The van der Waals surface area contributed by atoms with Crippen LogP contribution >= 0.6 is 50.7 Å². The van der Waals surface area contributed by atoms with Crippen molar-refractivity contribution in [1.29, 1.82) is 0 Å². The lowest BCUT2D eigenvalue weighted by Crippen LogP contribution is -2.40. The molecule has 2 atom stereocenters. The van der Waals surface area contributed by atoms with Gasteiger partial charge in [-0.25, -0.2) is 0 Å². The first-order valence-electron chi connectivity index (χ1n) is 9.97. The number of carbonyl (C=O) groups excluding carboxylic acids is 2. The number of carbonyl (C=O) groups is 2. The van der Waals surface area contributed by atoms with E-state index >= 15 is 0 Å². The first-order chi connectivity index (χ1) is 14.8. The van der Waals surface area contributed by atoms with Gasteiger partial charge in [0.1, 0.15) is 0 Å². The van der Waals surface area contributed by atoms with Crippen molar-refractivity contribution in [3.63, 3.8) is 0 Å². The first-order valence-corrected chi connectivity index (χ1v) is 11.9. The predicted molar refractivity (Wildman–Crippen MR) is 127 cm³/mol. The second kappa shape index (κ2) is 9.67. The largest absolute Gasteiger partial charge is 0.343 e. The summed E-state index contributed by atoms with van der Waals surface area (Å²) >= 11 is 21.6. The standard InChI is InChI=1S/C22H21BrCl3N3O2/c23-18-5-13(2-4-19(18)25)22(31)27-7-21(30)29-11-15-9-28(10-16(15)12-29)8-14-1-3-17(24)6-20(14)26/h1-6,15-16H,7-12H2,(H,27,31). The summed E-state index contributed by atoms with van der Waals surface area (Å²) in [6.45, 7) is 4.07. The highest BCUT2D eigenvalue weighted by Crippen LogP contribution is 2.33. The molecular weight excluding hydrogens is 525 g/mol. The molecule has 4 rings (SSSR count). The Balaban J connectivity index is 1.26. The van der Waals surface area contributed by atoms with E-state index in [4.69, 9.17) is 34.8 Å². The third-order valence-electron chi connectivity index (χ3n) is 5.91. The fourth-order valence-corrected chi connectivity index (χ4v) is 5.29. The number of amides is 2. The van der Waals surface area contributed by atoms with Crippen LogP contribution < -0.4 is 5.32 Å². The van der Waals surface area contributed by atoms with Crippen molar-refractivity contribution >= 4 is 62.5 Å². The minimum absolute atomic E-state index is 0.0113. The normalized spacial score (nSPS) is 20.7. The molecule has 2 aliphatic heterocycles. The first kappa shape index (κ1) is 22.9. The molecule has 2 aromatic carbocycles. The molecule has 0 saturated carbocycles. The maximum atomic E-state index is 12.6. The van der Waals surface area contributed by atoms with Crippen LogP contribution in [0.2, 0.25) is 15.1 Å². The number of halogens is 4. The number of hydrogen-bond acceptors (Lipinski definition) is 3. The molecule has 164 valence electrons. The highest BCUT2D eigenvalue weighted by atomic mass is 79.9. The van der Waals surface area contributed by atoms with Gasteiger partial charge in [0.05, 0.1) is 11.6 Å². The van der Waals surface area contributed by atoms with Crippen molar-refractivity contribution < 1.29 is 9.59 Å². The van der Waals surface area contributed by atoms with Gasteiger partial charge in [0, 0.05) is 52.8 Å². The van der Waals surface area contributed by atoms with Gasteiger partial charge in [-0.3, -0.25) is 14.5 Å². The van der Waals surface area contributed by atoms with Crippen LogP contribution in [0.3, 0.4) is 0 Å². The Morgan fingerprint density at radius 1 is 0.968 bits per heavy atom. The predicted octanol–water partition coefficient (Wildman–Crippen LogP) is 4.73. The number of hydrogen-bond donors (Lipinski definition) is 1. The highest BCUT2D eigenvalue weighted by Gasteiger charge is 2.41. The molecule has 0 bridgehead atoms. The summed E-state index contributed by atoms with van der Waals surface area (Å²) in [5.74, 6) is 0.537. The lowest BCUT2D eigenvalue weighted by atomic mass is 10.0. The Bertz CT molecular complexity index is 1010. The fourth-order valence-electron chi connectivity index (χ4n) is 4.32. The summed E-state index contributed by atoms with van der Waals surface area (Å²) in [4.78, 5) is 29.2. The Morgan fingerprint density at radius 3 is 2.32 bits per heavy atom. The van der Waals surface area contributed by atoms with Crippen molar-refractivity contribution in [2.24, 2.45) is 11.8 Å². The molecule has 2 aromatic rings. The van der Waals surface area contributed by atoms with E-state index in [9.17, 15) is 9.59 Å². The summed E-state index contributed by atoms with van der Waals surface area (Å²) in [5.41, 5.74) is 1.52. The van der Waals surface area contributed by atoms with Crippen LogP contribution in [0.1, 0.15) is 15.9 Å². The molecule has 2 saturated heterocycles. The van der Waals surface area contributed by atoms with Gasteiger partial charge in [0.15, 0.2) is 0 Å². The third kappa shape index (κ3) is 5.37. The molecule has 2 unspecified atom stereocenters. The topological polar surface area (TPSA) is 52.7 Å². The number of nitrogens with one attached hydrogen (secondary N) is 1. The average molecular weight is 546 g/mol. The highest BCUT2D eigenvalue weighted by molar-refractivity contribution is 9.10. The quantitative estimate of drug-likeness (QED) is 0.591. The lowest BCUT2D eigenvalue weighted by molar-refractivity contribution is -0.129. The molecule has 2 aliphatic rings. The smallest absolute Gasteiger partial charge is 0.251 e. The summed E-state index contributed by atoms with van der Waals surface area (Å²) in [6, 6.07) is 10.5. The zero-order chi connectivity index (χ0) is 22.1. The van der Waals surface area contributed by atoms with Crippen molar-refractivity contribution in [3.8, 4) is 0 Å². The minimum atomic E-state index is -0.295. The monoisotopic (exact) mass is 543 g/mol. The van der Waals surface area contributed by atoms with Gasteiger partial charge >= 0.3 is 0 Å². The molecule has 9 heteroatoms. The summed E-state index contributed by atoms with van der Waals surface area (Å²) in [7, 11) is 0. The number of likely N-dealkylation sites (tertiary alicyclic amines) is 2. The van der Waals surface area contributed by atoms with E-state index in [0.29, 0.717) is 36.9 Å². The summed E-state index contributed by atoms with van der Waals surface area (Å²) in [6.07, 6.45) is 0. The maximum absolute atomic E-state index is 12.6. The molecular formula is C22H21BrCl3N3O2. The molecule has 5 nitrogen and oxygen atoms in total. The van der Waals surface area contributed by atoms with Crippen molar-refractivity contribution in [2.45, 2.75) is 6.54 Å². The van der Waals surface area contributed by atoms with E-state index in [2.05, 4.69) is 26.1 Å². The van der Waals surface area contributed by atoms with Crippen LogP contribution in [0.5, 0.6) is 0 Å². The minimum Gasteiger partial charge on any atom is -0.343 e. The molecule has 2 amide bonds. The van der Waals surface area contributed by atoms with Crippen LogP contribution in [0.25, 0.3) is 0 Å². The number of benzene rings is 2. The molecule has 0 radical (unpaired) electrons. The molecule has 2 heterocycles. The van der Waals surface area contributed by atoms with Gasteiger partial charge in [0.2, 0.25) is 5.91 Å². The SMILES string of the molecule is O=C(NCC(=O)N1CC2CN(Cc3ccc(Cl)cc3Cl)CC2C1)c1ccc(Cl)c(Br)c1. The average Bonchev–Trinajstić information content (AvgIpc) is 3.29. The fraction of sp³-hybridized carbons (Fsp3) is 0.364. The Labute approximate surface area is 204 Å². The lowest BCUT2D eigenvalue weighted by Gasteiger charge is -2.22. The van der Waals surface area contributed by atoms with Crippen LogP contribution in [-0.2, 0) is 11.3 Å². The number of rotatable bonds is 5. The van der Waals surface area contributed by atoms with Gasteiger partial charge in [-0.1, -0.05) is 40.9 Å². The summed E-state index contributed by atoms with van der Waals surface area (Å²) < 4.78 is 0.643. The summed E-state index contributed by atoms with van der Waals surface area (Å²) in [5, 5.41) is 4.56. The molecule has 1 N–H and O–H groups in total. The van der Waals surface area contributed by atoms with E-state index in [1.54, 1.807) is 24.3 Å². The third-order valence-corrected chi connectivity index (χ3v) is 7.71. The Morgan fingerprint density at radius 2 is 1.68 bits per heavy atom. The second-order valence-corrected chi connectivity index (χ2v) is 10.2. The van der Waals surface area contributed by atoms with Crippen LogP contribution in [0.4, 0.5) is 0 Å². The van der Waals surface area contributed by atoms with E-state index in [1.165, 1.54) is 0 Å². The molecule has 31 heavy (non-hydrogen) atoms. The van der Waals surface area contributed by atoms with Gasteiger partial charge in [-0.15, -0.1) is 0 Å². The van der Waals surface area contributed by atoms with Gasteiger partial charge < -0.3 is 10.2 Å². The molecule has 2 fully saturated rings. The van der Waals surface area contributed by atoms with E-state index in [0.717, 1.165) is 38.3 Å². The van der Waals surface area contributed by atoms with Crippen molar-refractivity contribution in [2.75, 3.05) is 32.7 Å². The zero-order valence-electron chi connectivity index (χ0n) is 16.6. The van der Waals surface area contributed by atoms with E-state index < -0.39 is 0 Å². The second-order valence-electron chi connectivity index (χ2n) is 8.06. The number of nitrogens with zero attached hydrogens (tertiary/aromatic N) is 2. The molecule has 0 spiro atoms. The number of fused-ring (bicyclic) bond motifs is 1. The Hall–Kier alpha value is -1.31. The van der Waals surface area contributed by atoms with Gasteiger partial charge in [0.25, 0.3) is 5.91 Å². The molecule has 0 aromatic heterocycles. The van der Waals surface area contributed by atoms with Crippen molar-refractivity contribution in [3.05, 3.63) is 67.1 Å².